The molecule has 1 fully saturated rings. The molecule has 0 amide bonds. The largest absolute Gasteiger partial charge is 0.475 e. The molecule has 0 aliphatic heterocycles. The van der Waals surface area contributed by atoms with Crippen LogP contribution in [0.15, 0.2) is 18.2 Å². The quantitative estimate of drug-likeness (QED) is 0.844. The third-order valence-electron chi connectivity index (χ3n) is 2.75. The van der Waals surface area contributed by atoms with E-state index in [1.54, 1.807) is 4.57 Å². The molecule has 4 nitrogen and oxygen atoms in total. The average molecular weight is 220 g/mol. The zero-order valence-corrected chi connectivity index (χ0v) is 8.35. The summed E-state index contributed by atoms with van der Waals surface area (Å²) in [5.41, 5.74) is 1.10. The van der Waals surface area contributed by atoms with E-state index in [-0.39, 0.29) is 17.7 Å². The Morgan fingerprint density at radius 2 is 2.25 bits per heavy atom. The number of carboxylic acid groups (broad SMARTS) is 1. The Balaban J connectivity index is 2.33. The van der Waals surface area contributed by atoms with Crippen LogP contribution >= 0.6 is 0 Å². The lowest BCUT2D eigenvalue weighted by atomic mass is 10.3. The predicted molar refractivity (Wildman–Crippen MR) is 54.9 cm³/mol. The van der Waals surface area contributed by atoms with Gasteiger partial charge in [0, 0.05) is 6.04 Å². The average Bonchev–Trinajstić information content (AvgIpc) is 2.99. The number of nitrogens with zero attached hydrogens (tertiary/aromatic N) is 2. The van der Waals surface area contributed by atoms with E-state index >= 15 is 0 Å². The van der Waals surface area contributed by atoms with Gasteiger partial charge in [0.1, 0.15) is 5.82 Å². The van der Waals surface area contributed by atoms with Crippen molar-refractivity contribution >= 4 is 17.0 Å². The van der Waals surface area contributed by atoms with Crippen molar-refractivity contribution in [3.63, 3.8) is 0 Å². The first-order chi connectivity index (χ1) is 7.66. The van der Waals surface area contributed by atoms with Crippen molar-refractivity contribution in [2.24, 2.45) is 0 Å². The number of hydrogen-bond acceptors (Lipinski definition) is 2. The smallest absolute Gasteiger partial charge is 0.372 e. The summed E-state index contributed by atoms with van der Waals surface area (Å²) in [6.45, 7) is 0. The van der Waals surface area contributed by atoms with Gasteiger partial charge in [0.25, 0.3) is 0 Å². The summed E-state index contributed by atoms with van der Waals surface area (Å²) in [6.07, 6.45) is 1.87. The highest BCUT2D eigenvalue weighted by atomic mass is 19.1. The molecular weight excluding hydrogens is 211 g/mol. The fraction of sp³-hybridized carbons (Fsp3) is 0.273. The standard InChI is InChI=1S/C11H9FN2O2/c12-6-1-4-8-9(5-6)14(7-2-3-7)10(13-8)11(15)16/h1,4-5,7H,2-3H2,(H,15,16). The van der Waals surface area contributed by atoms with Crippen LogP contribution in [-0.2, 0) is 0 Å². The molecule has 1 heterocycles. The number of aromatic nitrogens is 2. The Labute approximate surface area is 90.3 Å². The molecular formula is C11H9FN2O2. The summed E-state index contributed by atoms with van der Waals surface area (Å²) >= 11 is 0. The molecule has 1 aliphatic carbocycles. The van der Waals surface area contributed by atoms with Gasteiger partial charge in [0.15, 0.2) is 0 Å². The fourth-order valence-corrected chi connectivity index (χ4v) is 1.92. The topological polar surface area (TPSA) is 55.1 Å². The second-order valence-electron chi connectivity index (χ2n) is 3.97. The summed E-state index contributed by atoms with van der Waals surface area (Å²) in [5.74, 6) is -1.43. The second kappa shape index (κ2) is 3.04. The Kier molecular flexibility index (Phi) is 1.77. The molecule has 5 heteroatoms. The highest BCUT2D eigenvalue weighted by molar-refractivity contribution is 5.90. The minimum atomic E-state index is -1.07. The van der Waals surface area contributed by atoms with Gasteiger partial charge in [-0.25, -0.2) is 14.2 Å². The number of hydrogen-bond donors (Lipinski definition) is 1. The zero-order chi connectivity index (χ0) is 11.3. The van der Waals surface area contributed by atoms with Crippen LogP contribution in [-0.4, -0.2) is 20.6 Å². The van der Waals surface area contributed by atoms with Gasteiger partial charge < -0.3 is 9.67 Å². The molecule has 1 saturated carbocycles. The van der Waals surface area contributed by atoms with E-state index in [1.807, 2.05) is 0 Å². The molecule has 1 N–H and O–H groups in total. The van der Waals surface area contributed by atoms with Crippen LogP contribution in [0.25, 0.3) is 11.0 Å². The van der Waals surface area contributed by atoms with Gasteiger partial charge in [-0.2, -0.15) is 0 Å². The van der Waals surface area contributed by atoms with Gasteiger partial charge in [-0.1, -0.05) is 0 Å². The lowest BCUT2D eigenvalue weighted by Crippen LogP contribution is -2.08. The van der Waals surface area contributed by atoms with Gasteiger partial charge in [0.2, 0.25) is 5.82 Å². The van der Waals surface area contributed by atoms with Crippen LogP contribution in [0.2, 0.25) is 0 Å². The number of halogens is 1. The SMILES string of the molecule is O=C(O)c1nc2ccc(F)cc2n1C1CC1. The minimum absolute atomic E-state index is 0.00287. The first-order valence-electron chi connectivity index (χ1n) is 5.07. The van der Waals surface area contributed by atoms with Gasteiger partial charge >= 0.3 is 5.97 Å². The van der Waals surface area contributed by atoms with E-state index in [2.05, 4.69) is 4.98 Å². The Bertz CT molecular complexity index is 587. The maximum absolute atomic E-state index is 13.1. The Morgan fingerprint density at radius 3 is 2.88 bits per heavy atom. The molecule has 1 aromatic heterocycles. The van der Waals surface area contributed by atoms with Crippen LogP contribution in [0.4, 0.5) is 4.39 Å². The van der Waals surface area contributed by atoms with Gasteiger partial charge in [-0.05, 0) is 31.0 Å². The van der Waals surface area contributed by atoms with E-state index in [4.69, 9.17) is 5.11 Å². The first kappa shape index (κ1) is 9.33. The summed E-state index contributed by atoms with van der Waals surface area (Å²) < 4.78 is 14.7. The normalized spacial score (nSPS) is 15.6. The molecule has 1 aromatic carbocycles. The minimum Gasteiger partial charge on any atom is -0.475 e. The molecule has 3 rings (SSSR count). The number of aromatic carboxylic acids is 1. The van der Waals surface area contributed by atoms with Crippen molar-refractivity contribution in [2.45, 2.75) is 18.9 Å². The number of fused-ring (bicyclic) bond motifs is 1. The van der Waals surface area contributed by atoms with E-state index < -0.39 is 5.97 Å². The van der Waals surface area contributed by atoms with Crippen LogP contribution in [0, 0.1) is 5.82 Å². The zero-order valence-electron chi connectivity index (χ0n) is 8.35. The summed E-state index contributed by atoms with van der Waals surface area (Å²) in [6, 6.07) is 4.30. The third-order valence-corrected chi connectivity index (χ3v) is 2.75. The van der Waals surface area contributed by atoms with Crippen LogP contribution in [0.1, 0.15) is 29.5 Å². The molecule has 16 heavy (non-hydrogen) atoms. The maximum Gasteiger partial charge on any atom is 0.372 e. The molecule has 0 bridgehead atoms. The third kappa shape index (κ3) is 1.28. The number of benzene rings is 1. The van der Waals surface area contributed by atoms with E-state index in [1.165, 1.54) is 18.2 Å². The summed E-state index contributed by atoms with van der Waals surface area (Å²) in [7, 11) is 0. The molecule has 2 aromatic rings. The van der Waals surface area contributed by atoms with E-state index in [0.717, 1.165) is 12.8 Å². The van der Waals surface area contributed by atoms with Gasteiger partial charge in [-0.15, -0.1) is 0 Å². The van der Waals surface area contributed by atoms with Crippen LogP contribution in [0.5, 0.6) is 0 Å². The van der Waals surface area contributed by atoms with Crippen molar-refractivity contribution < 1.29 is 14.3 Å². The summed E-state index contributed by atoms with van der Waals surface area (Å²) in [5, 5.41) is 9.04. The van der Waals surface area contributed by atoms with Crippen LogP contribution < -0.4 is 0 Å². The van der Waals surface area contributed by atoms with E-state index in [0.29, 0.717) is 11.0 Å². The van der Waals surface area contributed by atoms with Gasteiger partial charge in [-0.3, -0.25) is 0 Å². The van der Waals surface area contributed by atoms with Crippen molar-refractivity contribution in [1.29, 1.82) is 0 Å². The monoisotopic (exact) mass is 220 g/mol. The Morgan fingerprint density at radius 1 is 1.50 bits per heavy atom. The maximum atomic E-state index is 13.1. The fourth-order valence-electron chi connectivity index (χ4n) is 1.92. The number of imidazole rings is 1. The highest BCUT2D eigenvalue weighted by Crippen LogP contribution is 2.38. The van der Waals surface area contributed by atoms with Crippen LogP contribution in [0.3, 0.4) is 0 Å². The van der Waals surface area contributed by atoms with Gasteiger partial charge in [0.05, 0.1) is 11.0 Å². The number of rotatable bonds is 2. The lowest BCUT2D eigenvalue weighted by Gasteiger charge is -2.03. The molecule has 0 saturated heterocycles. The summed E-state index contributed by atoms with van der Waals surface area (Å²) in [4.78, 5) is 15.0. The Hall–Kier alpha value is -1.91. The van der Waals surface area contributed by atoms with Crippen molar-refractivity contribution in [3.05, 3.63) is 29.8 Å². The van der Waals surface area contributed by atoms with Crippen molar-refractivity contribution in [1.82, 2.24) is 9.55 Å². The molecule has 0 spiro atoms. The lowest BCUT2D eigenvalue weighted by molar-refractivity contribution is 0.0678. The molecule has 82 valence electrons. The predicted octanol–water partition coefficient (Wildman–Crippen LogP) is 2.21. The van der Waals surface area contributed by atoms with Crippen molar-refractivity contribution in [3.8, 4) is 0 Å². The molecule has 1 aliphatic rings. The number of carboxylic acids is 1. The van der Waals surface area contributed by atoms with E-state index in [9.17, 15) is 9.18 Å². The molecule has 0 unspecified atom stereocenters. The highest BCUT2D eigenvalue weighted by Gasteiger charge is 2.30. The molecule has 0 atom stereocenters. The van der Waals surface area contributed by atoms with Crippen molar-refractivity contribution in [2.75, 3.05) is 0 Å². The second-order valence-corrected chi connectivity index (χ2v) is 3.97. The number of carbonyl (C=O) groups is 1. The first-order valence-corrected chi connectivity index (χ1v) is 5.07. The molecule has 0 radical (unpaired) electrons.